The molecule has 0 saturated heterocycles. The Morgan fingerprint density at radius 1 is 1.22 bits per heavy atom. The molecule has 0 saturated carbocycles. The van der Waals surface area contributed by atoms with Crippen LogP contribution in [0.15, 0.2) is 24.3 Å². The maximum atomic E-state index is 12.2. The summed E-state index contributed by atoms with van der Waals surface area (Å²) in [4.78, 5) is 25.3. The molecule has 18 heavy (non-hydrogen) atoms. The Morgan fingerprint density at radius 3 is 2.56 bits per heavy atom. The van der Waals surface area contributed by atoms with Crippen LogP contribution in [0.25, 0.3) is 0 Å². The van der Waals surface area contributed by atoms with Gasteiger partial charge in [-0.1, -0.05) is 18.2 Å². The van der Waals surface area contributed by atoms with E-state index in [1.54, 1.807) is 18.2 Å². The molecule has 96 valence electrons. The van der Waals surface area contributed by atoms with E-state index in [1.807, 2.05) is 6.07 Å². The lowest BCUT2D eigenvalue weighted by Crippen LogP contribution is -2.46. The van der Waals surface area contributed by atoms with Gasteiger partial charge in [-0.2, -0.15) is 0 Å². The van der Waals surface area contributed by atoms with Gasteiger partial charge in [0.25, 0.3) is 5.91 Å². The number of amides is 2. The largest absolute Gasteiger partial charge is 0.354 e. The van der Waals surface area contributed by atoms with Gasteiger partial charge in [-0.05, 0) is 11.6 Å². The van der Waals surface area contributed by atoms with Crippen LogP contribution in [0.5, 0.6) is 0 Å². The Morgan fingerprint density at radius 2 is 1.89 bits per heavy atom. The number of imide groups is 1. The van der Waals surface area contributed by atoms with Crippen LogP contribution in [-0.2, 0) is 20.7 Å². The fourth-order valence-electron chi connectivity index (χ4n) is 1.98. The van der Waals surface area contributed by atoms with Gasteiger partial charge < -0.3 is 9.47 Å². The molecule has 0 N–H and O–H groups in total. The number of fused-ring (bicyclic) bond motifs is 1. The summed E-state index contributed by atoms with van der Waals surface area (Å²) >= 11 is 0. The molecule has 0 aliphatic carbocycles. The zero-order valence-corrected chi connectivity index (χ0v) is 10.4. The van der Waals surface area contributed by atoms with E-state index in [0.717, 1.165) is 5.56 Å². The molecule has 0 fully saturated rings. The first-order valence-corrected chi connectivity index (χ1v) is 5.65. The Hall–Kier alpha value is -1.72. The highest BCUT2D eigenvalue weighted by Crippen LogP contribution is 2.20. The van der Waals surface area contributed by atoms with Crippen molar-refractivity contribution in [2.24, 2.45) is 0 Å². The molecule has 0 unspecified atom stereocenters. The van der Waals surface area contributed by atoms with Crippen LogP contribution in [0.4, 0.5) is 0 Å². The third-order valence-corrected chi connectivity index (χ3v) is 2.99. The lowest BCUT2D eigenvalue weighted by atomic mass is 9.98. The number of nitrogens with zero attached hydrogens (tertiary/aromatic N) is 1. The number of carbonyl (C=O) groups excluding carboxylic acids is 2. The van der Waals surface area contributed by atoms with Gasteiger partial charge in [0.15, 0.2) is 6.29 Å². The lowest BCUT2D eigenvalue weighted by molar-refractivity contribution is -0.140. The van der Waals surface area contributed by atoms with Crippen molar-refractivity contribution in [2.45, 2.75) is 12.7 Å². The molecule has 0 atom stereocenters. The molecular weight excluding hydrogens is 234 g/mol. The van der Waals surface area contributed by atoms with E-state index >= 15 is 0 Å². The smallest absolute Gasteiger partial charge is 0.260 e. The molecule has 0 radical (unpaired) electrons. The minimum absolute atomic E-state index is 0.110. The van der Waals surface area contributed by atoms with E-state index in [-0.39, 0.29) is 24.8 Å². The van der Waals surface area contributed by atoms with Gasteiger partial charge in [-0.3, -0.25) is 14.5 Å². The summed E-state index contributed by atoms with van der Waals surface area (Å²) in [7, 11) is 2.95. The highest BCUT2D eigenvalue weighted by Gasteiger charge is 2.32. The van der Waals surface area contributed by atoms with Crippen molar-refractivity contribution in [3.05, 3.63) is 35.4 Å². The summed E-state index contributed by atoms with van der Waals surface area (Å²) in [5.74, 6) is -0.515. The van der Waals surface area contributed by atoms with Gasteiger partial charge in [-0.15, -0.1) is 0 Å². The molecule has 1 heterocycles. The van der Waals surface area contributed by atoms with E-state index < -0.39 is 6.29 Å². The molecule has 0 spiro atoms. The molecule has 1 aromatic rings. The second-order valence-corrected chi connectivity index (χ2v) is 4.04. The van der Waals surface area contributed by atoms with Crippen LogP contribution in [0.3, 0.4) is 0 Å². The quantitative estimate of drug-likeness (QED) is 0.586. The molecule has 5 nitrogen and oxygen atoms in total. The van der Waals surface area contributed by atoms with Gasteiger partial charge >= 0.3 is 0 Å². The predicted molar refractivity (Wildman–Crippen MR) is 64.0 cm³/mol. The number of carbonyl (C=O) groups is 2. The second kappa shape index (κ2) is 5.29. The van der Waals surface area contributed by atoms with Crippen molar-refractivity contribution in [2.75, 3.05) is 20.8 Å². The molecule has 2 amide bonds. The van der Waals surface area contributed by atoms with Crippen LogP contribution in [-0.4, -0.2) is 43.8 Å². The Kier molecular flexibility index (Phi) is 3.74. The van der Waals surface area contributed by atoms with Gasteiger partial charge in [0.2, 0.25) is 5.91 Å². The Bertz CT molecular complexity index is 468. The van der Waals surface area contributed by atoms with E-state index in [0.29, 0.717) is 5.56 Å². The topological polar surface area (TPSA) is 55.8 Å². The number of ether oxygens (including phenoxy) is 2. The summed E-state index contributed by atoms with van der Waals surface area (Å²) < 4.78 is 10.0. The maximum absolute atomic E-state index is 12.2. The average molecular weight is 249 g/mol. The SMILES string of the molecule is COC(CN1C(=O)Cc2ccccc2C1=O)OC. The van der Waals surface area contributed by atoms with E-state index in [9.17, 15) is 9.59 Å². The highest BCUT2D eigenvalue weighted by molar-refractivity contribution is 6.09. The van der Waals surface area contributed by atoms with Crippen molar-refractivity contribution in [1.82, 2.24) is 4.90 Å². The van der Waals surface area contributed by atoms with Crippen molar-refractivity contribution in [3.8, 4) is 0 Å². The molecular formula is C13H15NO4. The average Bonchev–Trinajstić information content (AvgIpc) is 2.39. The van der Waals surface area contributed by atoms with E-state index in [1.165, 1.54) is 19.1 Å². The zero-order chi connectivity index (χ0) is 13.1. The zero-order valence-electron chi connectivity index (χ0n) is 10.4. The molecule has 0 bridgehead atoms. The number of hydrogen-bond donors (Lipinski definition) is 0. The summed E-state index contributed by atoms with van der Waals surface area (Å²) in [5.41, 5.74) is 1.35. The Labute approximate surface area is 105 Å². The van der Waals surface area contributed by atoms with Crippen molar-refractivity contribution in [3.63, 3.8) is 0 Å². The number of hydrogen-bond acceptors (Lipinski definition) is 4. The highest BCUT2D eigenvalue weighted by atomic mass is 16.7. The lowest BCUT2D eigenvalue weighted by Gasteiger charge is -2.29. The van der Waals surface area contributed by atoms with E-state index in [2.05, 4.69) is 0 Å². The minimum atomic E-state index is -0.594. The van der Waals surface area contributed by atoms with Crippen LogP contribution in [0.1, 0.15) is 15.9 Å². The van der Waals surface area contributed by atoms with Gasteiger partial charge in [0.05, 0.1) is 13.0 Å². The van der Waals surface area contributed by atoms with Crippen molar-refractivity contribution < 1.29 is 19.1 Å². The molecule has 1 aliphatic rings. The van der Waals surface area contributed by atoms with Crippen LogP contribution in [0.2, 0.25) is 0 Å². The first kappa shape index (κ1) is 12.7. The Balaban J connectivity index is 2.24. The summed E-state index contributed by atoms with van der Waals surface area (Å²) in [6.07, 6.45) is -0.356. The maximum Gasteiger partial charge on any atom is 0.260 e. The molecule has 0 aromatic heterocycles. The second-order valence-electron chi connectivity index (χ2n) is 4.04. The molecule has 1 aliphatic heterocycles. The number of benzene rings is 1. The summed E-state index contributed by atoms with van der Waals surface area (Å²) in [6.45, 7) is 0.110. The minimum Gasteiger partial charge on any atom is -0.354 e. The number of methoxy groups -OCH3 is 2. The van der Waals surface area contributed by atoms with Gasteiger partial charge in [-0.25, -0.2) is 0 Å². The monoisotopic (exact) mass is 249 g/mol. The first-order chi connectivity index (χ1) is 8.67. The molecule has 1 aromatic carbocycles. The fourth-order valence-corrected chi connectivity index (χ4v) is 1.98. The van der Waals surface area contributed by atoms with Crippen molar-refractivity contribution >= 4 is 11.8 Å². The summed E-state index contributed by atoms with van der Waals surface area (Å²) in [5, 5.41) is 0. The third-order valence-electron chi connectivity index (χ3n) is 2.99. The van der Waals surface area contributed by atoms with Gasteiger partial charge in [0, 0.05) is 19.8 Å². The predicted octanol–water partition coefficient (Wildman–Crippen LogP) is 0.830. The normalized spacial score (nSPS) is 15.2. The van der Waals surface area contributed by atoms with Crippen LogP contribution >= 0.6 is 0 Å². The summed E-state index contributed by atoms with van der Waals surface area (Å²) in [6, 6.07) is 7.13. The van der Waals surface area contributed by atoms with Crippen LogP contribution in [0, 0.1) is 0 Å². The van der Waals surface area contributed by atoms with E-state index in [4.69, 9.17) is 9.47 Å². The fraction of sp³-hybridized carbons (Fsp3) is 0.385. The standard InChI is InChI=1S/C13H15NO4/c1-17-12(18-2)8-14-11(15)7-9-5-3-4-6-10(9)13(14)16/h3-6,12H,7-8H2,1-2H3. The van der Waals surface area contributed by atoms with Crippen LogP contribution < -0.4 is 0 Å². The van der Waals surface area contributed by atoms with Crippen molar-refractivity contribution in [1.29, 1.82) is 0 Å². The third kappa shape index (κ3) is 2.27. The molecule has 2 rings (SSSR count). The molecule has 5 heteroatoms. The number of rotatable bonds is 4. The van der Waals surface area contributed by atoms with Gasteiger partial charge in [0.1, 0.15) is 0 Å². The first-order valence-electron chi connectivity index (χ1n) is 5.65.